The smallest absolute Gasteiger partial charge is 0.229 e. The molecule has 1 N–H and O–H groups in total. The van der Waals surface area contributed by atoms with Crippen molar-refractivity contribution >= 4 is 46.4 Å². The van der Waals surface area contributed by atoms with E-state index in [1.807, 2.05) is 0 Å². The number of ether oxygens (including phenoxy) is 1. The van der Waals surface area contributed by atoms with Gasteiger partial charge in [0.05, 0.1) is 18.7 Å². The number of carbonyl (C=O) groups is 2. The summed E-state index contributed by atoms with van der Waals surface area (Å²) in [6, 6.07) is 11.9. The quantitative estimate of drug-likeness (QED) is 0.874. The fraction of sp³-hybridized carbons (Fsp3) is 0.222. The molecule has 3 rings (SSSR count). The summed E-state index contributed by atoms with van der Waals surface area (Å²) in [4.78, 5) is 26.4. The minimum Gasteiger partial charge on any atom is -0.495 e. The normalized spacial score (nSPS) is 16.8. The highest BCUT2D eigenvalue weighted by Crippen LogP contribution is 2.35. The highest BCUT2D eigenvalue weighted by Gasteiger charge is 2.36. The van der Waals surface area contributed by atoms with E-state index in [2.05, 4.69) is 5.32 Å². The molecule has 0 radical (unpaired) electrons. The Kier molecular flexibility index (Phi) is 5.16. The average Bonchev–Trinajstić information content (AvgIpc) is 2.96. The molecule has 1 heterocycles. The summed E-state index contributed by atoms with van der Waals surface area (Å²) in [6.45, 7) is 0.266. The zero-order chi connectivity index (χ0) is 18.0. The van der Waals surface area contributed by atoms with Gasteiger partial charge in [-0.15, -0.1) is 0 Å². The summed E-state index contributed by atoms with van der Waals surface area (Å²) in [6.07, 6.45) is 0.127. The molecule has 0 spiro atoms. The molecular formula is C18H16Cl2N2O3. The minimum atomic E-state index is -0.463. The third kappa shape index (κ3) is 3.89. The number of carbonyl (C=O) groups excluding carboxylic acids is 2. The van der Waals surface area contributed by atoms with Gasteiger partial charge in [0.25, 0.3) is 0 Å². The third-order valence-corrected chi connectivity index (χ3v) is 4.49. The first-order chi connectivity index (χ1) is 12.0. The SMILES string of the molecule is COc1ccc(Cl)cc1N1C[C@@H](C(=O)Nc2cccc(Cl)c2)CC1=O. The Labute approximate surface area is 155 Å². The van der Waals surface area contributed by atoms with Crippen LogP contribution in [0.1, 0.15) is 6.42 Å². The van der Waals surface area contributed by atoms with Crippen molar-refractivity contribution in [3.8, 4) is 5.75 Å². The van der Waals surface area contributed by atoms with E-state index in [1.165, 1.54) is 12.0 Å². The Morgan fingerprint density at radius 3 is 2.68 bits per heavy atom. The Balaban J connectivity index is 1.76. The molecule has 7 heteroatoms. The molecule has 1 aliphatic heterocycles. The molecule has 25 heavy (non-hydrogen) atoms. The first-order valence-electron chi connectivity index (χ1n) is 7.68. The lowest BCUT2D eigenvalue weighted by molar-refractivity contribution is -0.122. The molecule has 2 aromatic carbocycles. The molecule has 0 saturated carbocycles. The third-order valence-electron chi connectivity index (χ3n) is 4.02. The van der Waals surface area contributed by atoms with E-state index < -0.39 is 5.92 Å². The second kappa shape index (κ2) is 7.33. The molecule has 0 unspecified atom stereocenters. The minimum absolute atomic E-state index is 0.127. The number of hydrogen-bond donors (Lipinski definition) is 1. The lowest BCUT2D eigenvalue weighted by Crippen LogP contribution is -2.28. The van der Waals surface area contributed by atoms with Crippen molar-refractivity contribution in [1.29, 1.82) is 0 Å². The number of nitrogens with zero attached hydrogens (tertiary/aromatic N) is 1. The van der Waals surface area contributed by atoms with Gasteiger partial charge in [0, 0.05) is 28.7 Å². The number of anilines is 2. The highest BCUT2D eigenvalue weighted by molar-refractivity contribution is 6.31. The predicted molar refractivity (Wildman–Crippen MR) is 98.5 cm³/mol. The predicted octanol–water partition coefficient (Wildman–Crippen LogP) is 3.99. The van der Waals surface area contributed by atoms with Crippen LogP contribution in [0.25, 0.3) is 0 Å². The van der Waals surface area contributed by atoms with Gasteiger partial charge in [-0.1, -0.05) is 29.3 Å². The van der Waals surface area contributed by atoms with Gasteiger partial charge >= 0.3 is 0 Å². The molecule has 1 aliphatic rings. The van der Waals surface area contributed by atoms with Crippen LogP contribution in [0, 0.1) is 5.92 Å². The molecule has 5 nitrogen and oxygen atoms in total. The standard InChI is InChI=1S/C18H16Cl2N2O3/c1-25-16-6-5-13(20)9-15(16)22-10-11(7-17(22)23)18(24)21-14-4-2-3-12(19)8-14/h2-6,8-9,11H,7,10H2,1H3,(H,21,24)/t11-/m0/s1. The van der Waals surface area contributed by atoms with E-state index in [4.69, 9.17) is 27.9 Å². The molecular weight excluding hydrogens is 363 g/mol. The largest absolute Gasteiger partial charge is 0.495 e. The second-order valence-corrected chi connectivity index (χ2v) is 6.59. The van der Waals surface area contributed by atoms with E-state index in [-0.39, 0.29) is 24.8 Å². The zero-order valence-corrected chi connectivity index (χ0v) is 15.0. The second-order valence-electron chi connectivity index (χ2n) is 5.72. The maximum atomic E-state index is 12.5. The fourth-order valence-corrected chi connectivity index (χ4v) is 3.16. The van der Waals surface area contributed by atoms with Crippen LogP contribution in [0.3, 0.4) is 0 Å². The Hall–Kier alpha value is -2.24. The maximum Gasteiger partial charge on any atom is 0.229 e. The van der Waals surface area contributed by atoms with Crippen LogP contribution in [0.4, 0.5) is 11.4 Å². The van der Waals surface area contributed by atoms with Crippen molar-refractivity contribution in [3.63, 3.8) is 0 Å². The van der Waals surface area contributed by atoms with Gasteiger partial charge in [0.2, 0.25) is 11.8 Å². The van der Waals surface area contributed by atoms with Crippen LogP contribution < -0.4 is 15.0 Å². The van der Waals surface area contributed by atoms with E-state index >= 15 is 0 Å². The molecule has 0 bridgehead atoms. The Morgan fingerprint density at radius 2 is 1.96 bits per heavy atom. The number of halogens is 2. The summed E-state index contributed by atoms with van der Waals surface area (Å²) in [5.41, 5.74) is 1.17. The topological polar surface area (TPSA) is 58.6 Å². The molecule has 1 saturated heterocycles. The number of amides is 2. The molecule has 2 amide bonds. The van der Waals surface area contributed by atoms with Crippen molar-refractivity contribution in [2.24, 2.45) is 5.92 Å². The van der Waals surface area contributed by atoms with Crippen LogP contribution in [-0.4, -0.2) is 25.5 Å². The lowest BCUT2D eigenvalue weighted by atomic mass is 10.1. The summed E-state index contributed by atoms with van der Waals surface area (Å²) >= 11 is 12.0. The highest BCUT2D eigenvalue weighted by atomic mass is 35.5. The number of hydrogen-bond acceptors (Lipinski definition) is 3. The summed E-state index contributed by atoms with van der Waals surface area (Å²) < 4.78 is 5.30. The van der Waals surface area contributed by atoms with Crippen molar-refractivity contribution in [3.05, 3.63) is 52.5 Å². The van der Waals surface area contributed by atoms with E-state index in [0.717, 1.165) is 0 Å². The monoisotopic (exact) mass is 378 g/mol. The Bertz CT molecular complexity index is 826. The van der Waals surface area contributed by atoms with Gasteiger partial charge in [-0.05, 0) is 36.4 Å². The first-order valence-corrected chi connectivity index (χ1v) is 8.44. The molecule has 130 valence electrons. The number of methoxy groups -OCH3 is 1. The van der Waals surface area contributed by atoms with Gasteiger partial charge in [0.1, 0.15) is 5.75 Å². The van der Waals surface area contributed by atoms with Gasteiger partial charge in [-0.3, -0.25) is 9.59 Å². The van der Waals surface area contributed by atoms with Gasteiger partial charge < -0.3 is 15.0 Å². The van der Waals surface area contributed by atoms with Crippen molar-refractivity contribution in [2.75, 3.05) is 23.9 Å². The average molecular weight is 379 g/mol. The molecule has 0 aliphatic carbocycles. The molecule has 2 aromatic rings. The first kappa shape index (κ1) is 17.6. The summed E-state index contributed by atoms with van der Waals surface area (Å²) in [5.74, 6) is -0.297. The van der Waals surface area contributed by atoms with Crippen molar-refractivity contribution in [1.82, 2.24) is 0 Å². The van der Waals surface area contributed by atoms with Crippen LogP contribution in [0.5, 0.6) is 5.75 Å². The van der Waals surface area contributed by atoms with Crippen LogP contribution >= 0.6 is 23.2 Å². The van der Waals surface area contributed by atoms with E-state index in [1.54, 1.807) is 42.5 Å². The number of rotatable bonds is 4. The van der Waals surface area contributed by atoms with Crippen LogP contribution in [-0.2, 0) is 9.59 Å². The van der Waals surface area contributed by atoms with Crippen molar-refractivity contribution in [2.45, 2.75) is 6.42 Å². The lowest BCUT2D eigenvalue weighted by Gasteiger charge is -2.20. The summed E-state index contributed by atoms with van der Waals surface area (Å²) in [7, 11) is 1.52. The van der Waals surface area contributed by atoms with Crippen molar-refractivity contribution < 1.29 is 14.3 Å². The Morgan fingerprint density at radius 1 is 1.20 bits per heavy atom. The number of nitrogens with one attached hydrogen (secondary N) is 1. The van der Waals surface area contributed by atoms with Gasteiger partial charge in [0.15, 0.2) is 0 Å². The molecule has 0 aromatic heterocycles. The molecule has 1 fully saturated rings. The summed E-state index contributed by atoms with van der Waals surface area (Å²) in [5, 5.41) is 3.83. The van der Waals surface area contributed by atoms with Crippen LogP contribution in [0.2, 0.25) is 10.0 Å². The van der Waals surface area contributed by atoms with Gasteiger partial charge in [-0.2, -0.15) is 0 Å². The fourth-order valence-electron chi connectivity index (χ4n) is 2.80. The molecule has 1 atom stereocenters. The maximum absolute atomic E-state index is 12.5. The zero-order valence-electron chi connectivity index (χ0n) is 13.5. The van der Waals surface area contributed by atoms with E-state index in [9.17, 15) is 9.59 Å². The van der Waals surface area contributed by atoms with Gasteiger partial charge in [-0.25, -0.2) is 0 Å². The van der Waals surface area contributed by atoms with E-state index in [0.29, 0.717) is 27.2 Å². The van der Waals surface area contributed by atoms with Crippen LogP contribution in [0.15, 0.2) is 42.5 Å². The number of benzene rings is 2.